The number of fused-ring (bicyclic) bond motifs is 1. The van der Waals surface area contributed by atoms with Crippen LogP contribution in [0.3, 0.4) is 0 Å². The van der Waals surface area contributed by atoms with Gasteiger partial charge in [-0.25, -0.2) is 0 Å². The van der Waals surface area contributed by atoms with E-state index in [4.69, 9.17) is 0 Å². The van der Waals surface area contributed by atoms with Gasteiger partial charge >= 0.3 is 0 Å². The highest BCUT2D eigenvalue weighted by molar-refractivity contribution is 5.80. The number of nitrogens with zero attached hydrogens (tertiary/aromatic N) is 2. The van der Waals surface area contributed by atoms with Gasteiger partial charge in [-0.1, -0.05) is 48.5 Å². The van der Waals surface area contributed by atoms with Gasteiger partial charge in [0.15, 0.2) is 0 Å². The Morgan fingerprint density at radius 2 is 1.76 bits per heavy atom. The van der Waals surface area contributed by atoms with Crippen molar-refractivity contribution in [1.29, 1.82) is 0 Å². The third-order valence-electron chi connectivity index (χ3n) is 4.56. The van der Waals surface area contributed by atoms with Gasteiger partial charge in [0.05, 0.1) is 6.04 Å². The minimum atomic E-state index is 0.0839. The summed E-state index contributed by atoms with van der Waals surface area (Å²) in [5.74, 6) is 0.0839. The molecule has 1 atom stereocenters. The second-order valence-corrected chi connectivity index (χ2v) is 6.51. The summed E-state index contributed by atoms with van der Waals surface area (Å²) in [5, 5.41) is 4.29. The molecule has 1 aromatic heterocycles. The van der Waals surface area contributed by atoms with Gasteiger partial charge in [0, 0.05) is 31.2 Å². The molecule has 3 aromatic rings. The van der Waals surface area contributed by atoms with E-state index in [1.54, 1.807) is 0 Å². The molecule has 1 heterocycles. The Labute approximate surface area is 149 Å². The van der Waals surface area contributed by atoms with Crippen LogP contribution in [0.25, 0.3) is 10.9 Å². The standard InChI is InChI=1S/C21H25N3O/c1-23(2)20(17-8-4-3-5-9-17)16-22-21(25)13-15-24-14-12-18-10-6-7-11-19(18)24/h3-12,14,20H,13,15-16H2,1-2H3,(H,22,25)/t20-/m1/s1. The summed E-state index contributed by atoms with van der Waals surface area (Å²) in [5.41, 5.74) is 2.38. The monoisotopic (exact) mass is 335 g/mol. The van der Waals surface area contributed by atoms with Crippen molar-refractivity contribution >= 4 is 16.8 Å². The van der Waals surface area contributed by atoms with Crippen LogP contribution in [0.5, 0.6) is 0 Å². The van der Waals surface area contributed by atoms with Crippen molar-refractivity contribution < 1.29 is 4.79 Å². The molecule has 0 aliphatic carbocycles. The number of aryl methyl sites for hydroxylation is 1. The first-order valence-corrected chi connectivity index (χ1v) is 8.67. The van der Waals surface area contributed by atoms with Crippen molar-refractivity contribution in [1.82, 2.24) is 14.8 Å². The molecule has 3 rings (SSSR count). The van der Waals surface area contributed by atoms with E-state index in [1.807, 2.05) is 50.6 Å². The number of likely N-dealkylation sites (N-methyl/N-ethyl adjacent to an activating group) is 1. The summed E-state index contributed by atoms with van der Waals surface area (Å²) in [6.45, 7) is 1.31. The number of hydrogen-bond donors (Lipinski definition) is 1. The Hall–Kier alpha value is -2.59. The number of aromatic nitrogens is 1. The van der Waals surface area contributed by atoms with Gasteiger partial charge in [-0.2, -0.15) is 0 Å². The molecule has 0 aliphatic rings. The second-order valence-electron chi connectivity index (χ2n) is 6.51. The average molecular weight is 335 g/mol. The van der Waals surface area contributed by atoms with Crippen LogP contribution >= 0.6 is 0 Å². The van der Waals surface area contributed by atoms with E-state index in [2.05, 4.69) is 45.1 Å². The lowest BCUT2D eigenvalue weighted by molar-refractivity contribution is -0.121. The van der Waals surface area contributed by atoms with Gasteiger partial charge in [-0.15, -0.1) is 0 Å². The molecule has 4 heteroatoms. The Morgan fingerprint density at radius 1 is 1.04 bits per heavy atom. The lowest BCUT2D eigenvalue weighted by Gasteiger charge is -2.25. The van der Waals surface area contributed by atoms with Crippen LogP contribution in [-0.4, -0.2) is 36.0 Å². The van der Waals surface area contributed by atoms with E-state index in [-0.39, 0.29) is 11.9 Å². The van der Waals surface area contributed by atoms with Gasteiger partial charge in [0.25, 0.3) is 0 Å². The fraction of sp³-hybridized carbons (Fsp3) is 0.286. The van der Waals surface area contributed by atoms with Gasteiger partial charge < -0.3 is 14.8 Å². The third kappa shape index (κ3) is 4.28. The first kappa shape index (κ1) is 17.2. The van der Waals surface area contributed by atoms with E-state index in [0.717, 1.165) is 0 Å². The highest BCUT2D eigenvalue weighted by Crippen LogP contribution is 2.17. The van der Waals surface area contributed by atoms with Crippen molar-refractivity contribution in [2.75, 3.05) is 20.6 Å². The predicted octanol–water partition coefficient (Wildman–Crippen LogP) is 3.45. The average Bonchev–Trinajstić information content (AvgIpc) is 3.04. The molecule has 130 valence electrons. The normalized spacial score (nSPS) is 12.4. The fourth-order valence-corrected chi connectivity index (χ4v) is 3.13. The van der Waals surface area contributed by atoms with Crippen molar-refractivity contribution in [3.63, 3.8) is 0 Å². The number of benzene rings is 2. The molecular weight excluding hydrogens is 310 g/mol. The summed E-state index contributed by atoms with van der Waals surface area (Å²) in [7, 11) is 4.07. The number of hydrogen-bond acceptors (Lipinski definition) is 2. The summed E-state index contributed by atoms with van der Waals surface area (Å²) in [6, 6.07) is 20.8. The first-order valence-electron chi connectivity index (χ1n) is 8.67. The molecule has 0 saturated heterocycles. The molecule has 0 bridgehead atoms. The van der Waals surface area contributed by atoms with Crippen molar-refractivity contribution in [3.05, 3.63) is 72.4 Å². The van der Waals surface area contributed by atoms with Crippen LogP contribution in [0.15, 0.2) is 66.9 Å². The smallest absolute Gasteiger partial charge is 0.221 e. The van der Waals surface area contributed by atoms with Gasteiger partial charge in [-0.05, 0) is 37.2 Å². The zero-order valence-electron chi connectivity index (χ0n) is 14.9. The van der Waals surface area contributed by atoms with Crippen LogP contribution in [0, 0.1) is 0 Å². The number of para-hydroxylation sites is 1. The number of rotatable bonds is 7. The second kappa shape index (κ2) is 7.99. The zero-order chi connectivity index (χ0) is 17.6. The molecule has 0 spiro atoms. The topological polar surface area (TPSA) is 37.3 Å². The van der Waals surface area contributed by atoms with E-state index in [9.17, 15) is 4.79 Å². The Morgan fingerprint density at radius 3 is 2.52 bits per heavy atom. The summed E-state index contributed by atoms with van der Waals surface area (Å²) < 4.78 is 2.13. The molecule has 0 radical (unpaired) electrons. The lowest BCUT2D eigenvalue weighted by Crippen LogP contribution is -2.34. The third-order valence-corrected chi connectivity index (χ3v) is 4.56. The lowest BCUT2D eigenvalue weighted by atomic mass is 10.1. The number of carbonyl (C=O) groups is 1. The summed E-state index contributed by atoms with van der Waals surface area (Å²) in [6.07, 6.45) is 2.53. The van der Waals surface area contributed by atoms with Gasteiger partial charge in [0.2, 0.25) is 5.91 Å². The van der Waals surface area contributed by atoms with Crippen molar-refractivity contribution in [2.45, 2.75) is 19.0 Å². The van der Waals surface area contributed by atoms with Crippen LogP contribution in [0.2, 0.25) is 0 Å². The quantitative estimate of drug-likeness (QED) is 0.718. The van der Waals surface area contributed by atoms with Crippen LogP contribution < -0.4 is 5.32 Å². The SMILES string of the molecule is CN(C)[C@H](CNC(=O)CCn1ccc2ccccc21)c1ccccc1. The van der Waals surface area contributed by atoms with Crippen LogP contribution in [0.1, 0.15) is 18.0 Å². The molecule has 0 saturated carbocycles. The van der Waals surface area contributed by atoms with E-state index < -0.39 is 0 Å². The molecular formula is C21H25N3O. The first-order chi connectivity index (χ1) is 12.1. The maximum absolute atomic E-state index is 12.3. The molecule has 2 aromatic carbocycles. The minimum absolute atomic E-state index is 0.0839. The number of carbonyl (C=O) groups excluding carboxylic acids is 1. The van der Waals surface area contributed by atoms with Crippen molar-refractivity contribution in [2.24, 2.45) is 0 Å². The maximum atomic E-state index is 12.3. The van der Waals surface area contributed by atoms with E-state index in [1.165, 1.54) is 16.5 Å². The molecule has 4 nitrogen and oxygen atoms in total. The molecule has 0 fully saturated rings. The molecule has 0 aliphatic heterocycles. The number of nitrogens with one attached hydrogen (secondary N) is 1. The zero-order valence-corrected chi connectivity index (χ0v) is 14.9. The number of amides is 1. The predicted molar refractivity (Wildman–Crippen MR) is 102 cm³/mol. The van der Waals surface area contributed by atoms with Crippen LogP contribution in [0.4, 0.5) is 0 Å². The van der Waals surface area contributed by atoms with E-state index in [0.29, 0.717) is 19.5 Å². The van der Waals surface area contributed by atoms with Gasteiger partial charge in [-0.3, -0.25) is 4.79 Å². The molecule has 25 heavy (non-hydrogen) atoms. The largest absolute Gasteiger partial charge is 0.354 e. The summed E-state index contributed by atoms with van der Waals surface area (Å²) >= 11 is 0. The minimum Gasteiger partial charge on any atom is -0.354 e. The highest BCUT2D eigenvalue weighted by Gasteiger charge is 2.15. The molecule has 1 amide bonds. The Balaban J connectivity index is 1.55. The molecule has 0 unspecified atom stereocenters. The van der Waals surface area contributed by atoms with Gasteiger partial charge in [0.1, 0.15) is 0 Å². The van der Waals surface area contributed by atoms with E-state index >= 15 is 0 Å². The Bertz CT molecular complexity index is 823. The summed E-state index contributed by atoms with van der Waals surface area (Å²) in [4.78, 5) is 14.4. The Kier molecular flexibility index (Phi) is 5.51. The van der Waals surface area contributed by atoms with Crippen molar-refractivity contribution in [3.8, 4) is 0 Å². The molecule has 1 N–H and O–H groups in total. The fourth-order valence-electron chi connectivity index (χ4n) is 3.13. The van der Waals surface area contributed by atoms with Crippen LogP contribution in [-0.2, 0) is 11.3 Å². The highest BCUT2D eigenvalue weighted by atomic mass is 16.1. The maximum Gasteiger partial charge on any atom is 0.221 e.